The van der Waals surface area contributed by atoms with E-state index in [1.165, 1.54) is 109 Å². The molecular weight excluding hydrogens is 725 g/mol. The Morgan fingerprint density at radius 2 is 0.800 bits per heavy atom. The number of fused-ring (bicyclic) bond motifs is 13. The lowest BCUT2D eigenvalue weighted by atomic mass is 9.82. The second-order valence-electron chi connectivity index (χ2n) is 17.2. The molecule has 0 unspecified atom stereocenters. The molecule has 0 amide bonds. The normalized spacial score (nSPS) is 13.3. The van der Waals surface area contributed by atoms with Crippen molar-refractivity contribution in [1.29, 1.82) is 0 Å². The van der Waals surface area contributed by atoms with Gasteiger partial charge in [-0.15, -0.1) is 0 Å². The summed E-state index contributed by atoms with van der Waals surface area (Å²) in [6.45, 7) is 4.72. The molecule has 1 nitrogen and oxygen atoms in total. The van der Waals surface area contributed by atoms with Crippen molar-refractivity contribution < 1.29 is 4.42 Å². The summed E-state index contributed by atoms with van der Waals surface area (Å²) < 4.78 is 6.56. The van der Waals surface area contributed by atoms with Crippen LogP contribution in [0.5, 0.6) is 0 Å². The van der Waals surface area contributed by atoms with Gasteiger partial charge in [0.2, 0.25) is 0 Å². The largest absolute Gasteiger partial charge is 0.456 e. The van der Waals surface area contributed by atoms with E-state index in [2.05, 4.69) is 208 Å². The van der Waals surface area contributed by atoms with Crippen LogP contribution < -0.4 is 0 Å². The van der Waals surface area contributed by atoms with Crippen LogP contribution in [0.1, 0.15) is 25.0 Å². The van der Waals surface area contributed by atoms with Crippen LogP contribution in [0.3, 0.4) is 0 Å². The Morgan fingerprint density at radius 1 is 0.300 bits per heavy atom. The van der Waals surface area contributed by atoms with E-state index >= 15 is 0 Å². The average Bonchev–Trinajstić information content (AvgIpc) is 3.78. The zero-order valence-electron chi connectivity index (χ0n) is 33.4. The van der Waals surface area contributed by atoms with Gasteiger partial charge in [-0.05, 0) is 146 Å². The van der Waals surface area contributed by atoms with Crippen molar-refractivity contribution in [2.75, 3.05) is 0 Å². The second-order valence-corrected chi connectivity index (χ2v) is 17.2. The fourth-order valence-corrected chi connectivity index (χ4v) is 10.8. The molecule has 13 rings (SSSR count). The van der Waals surface area contributed by atoms with E-state index in [1.807, 2.05) is 0 Å². The van der Waals surface area contributed by atoms with Crippen LogP contribution in [-0.2, 0) is 5.41 Å². The van der Waals surface area contributed by atoms with Crippen molar-refractivity contribution in [1.82, 2.24) is 0 Å². The minimum absolute atomic E-state index is 0.0653. The molecule has 1 heteroatoms. The van der Waals surface area contributed by atoms with Crippen LogP contribution in [0.25, 0.3) is 120 Å². The first-order valence-electron chi connectivity index (χ1n) is 21.0. The number of hydrogen-bond acceptors (Lipinski definition) is 1. The van der Waals surface area contributed by atoms with E-state index < -0.39 is 0 Å². The molecule has 0 N–H and O–H groups in total. The highest BCUT2D eigenvalue weighted by atomic mass is 16.3. The molecule has 60 heavy (non-hydrogen) atoms. The topological polar surface area (TPSA) is 13.1 Å². The van der Waals surface area contributed by atoms with Gasteiger partial charge in [0, 0.05) is 16.2 Å². The first-order valence-corrected chi connectivity index (χ1v) is 21.0. The summed E-state index contributed by atoms with van der Waals surface area (Å²) >= 11 is 0. The third-order valence-electron chi connectivity index (χ3n) is 13.6. The molecule has 0 saturated carbocycles. The third-order valence-corrected chi connectivity index (χ3v) is 13.6. The summed E-state index contributed by atoms with van der Waals surface area (Å²) in [7, 11) is 0. The maximum Gasteiger partial charge on any atom is 0.135 e. The van der Waals surface area contributed by atoms with Crippen molar-refractivity contribution in [3.05, 3.63) is 205 Å². The Labute approximate surface area is 347 Å². The molecule has 0 saturated heterocycles. The van der Waals surface area contributed by atoms with Gasteiger partial charge < -0.3 is 4.42 Å². The van der Waals surface area contributed by atoms with Gasteiger partial charge >= 0.3 is 0 Å². The molecule has 280 valence electrons. The zero-order valence-corrected chi connectivity index (χ0v) is 33.4. The fourth-order valence-electron chi connectivity index (χ4n) is 10.8. The summed E-state index contributed by atoms with van der Waals surface area (Å²) in [4.78, 5) is 0. The Kier molecular flexibility index (Phi) is 6.85. The predicted molar refractivity (Wildman–Crippen MR) is 255 cm³/mol. The lowest BCUT2D eigenvalue weighted by molar-refractivity contribution is 0.661. The van der Waals surface area contributed by atoms with Gasteiger partial charge in [0.25, 0.3) is 0 Å². The van der Waals surface area contributed by atoms with Gasteiger partial charge in [0.1, 0.15) is 11.2 Å². The molecule has 0 spiro atoms. The van der Waals surface area contributed by atoms with Crippen molar-refractivity contribution in [2.24, 2.45) is 0 Å². The number of furan rings is 1. The van der Waals surface area contributed by atoms with Crippen LogP contribution in [0.4, 0.5) is 0 Å². The third kappa shape index (κ3) is 4.63. The molecule has 0 fully saturated rings. The SMILES string of the molecule is CC1(C)c2ccc(-c3ccc4oc5ccc(-c6c7ccccc7c(-c7cc8ccccc8c8ccccc78)c7ccccc67)cc5c4c3)cc2-c2c1ccc1ccccc21. The van der Waals surface area contributed by atoms with Crippen LogP contribution in [-0.4, -0.2) is 0 Å². The molecule has 11 aromatic carbocycles. The standard InChI is InChI=1S/C59H38O/c1-59(2)52-27-24-36(32-51(52)58-41-16-6-3-13-35(41)23-28-53(58)59)37-25-29-54-48(31-37)49-34-39(26-30-55(49)60-54)56-44-19-9-11-21-46(44)57(47-22-12-10-20-45(47)56)50-33-38-14-4-5-15-40(38)42-17-7-8-18-43(42)50/h3-34H,1-2H3. The Balaban J connectivity index is 1.01. The molecule has 1 aliphatic carbocycles. The molecular formula is C59H38O. The molecule has 0 atom stereocenters. The number of benzene rings is 11. The van der Waals surface area contributed by atoms with E-state index in [4.69, 9.17) is 4.42 Å². The minimum atomic E-state index is -0.0653. The maximum absolute atomic E-state index is 6.56. The monoisotopic (exact) mass is 762 g/mol. The molecule has 1 aromatic heterocycles. The lowest BCUT2D eigenvalue weighted by Gasteiger charge is -2.21. The molecule has 0 radical (unpaired) electrons. The van der Waals surface area contributed by atoms with Crippen molar-refractivity contribution >= 4 is 75.8 Å². The van der Waals surface area contributed by atoms with Gasteiger partial charge in [0.15, 0.2) is 0 Å². The first kappa shape index (κ1) is 33.5. The Hall–Kier alpha value is -7.48. The van der Waals surface area contributed by atoms with Crippen molar-refractivity contribution in [2.45, 2.75) is 19.3 Å². The van der Waals surface area contributed by atoms with Gasteiger partial charge in [-0.1, -0.05) is 172 Å². The van der Waals surface area contributed by atoms with Gasteiger partial charge in [-0.2, -0.15) is 0 Å². The number of hydrogen-bond donors (Lipinski definition) is 0. The van der Waals surface area contributed by atoms with E-state index in [0.29, 0.717) is 0 Å². The Morgan fingerprint density at radius 3 is 1.50 bits per heavy atom. The number of rotatable bonds is 3. The van der Waals surface area contributed by atoms with Crippen LogP contribution in [0, 0.1) is 0 Å². The average molecular weight is 763 g/mol. The highest BCUT2D eigenvalue weighted by Crippen LogP contribution is 2.53. The van der Waals surface area contributed by atoms with Crippen molar-refractivity contribution in [3.8, 4) is 44.5 Å². The lowest BCUT2D eigenvalue weighted by Crippen LogP contribution is -2.14. The highest BCUT2D eigenvalue weighted by Gasteiger charge is 2.36. The summed E-state index contributed by atoms with van der Waals surface area (Å²) in [5, 5.41) is 14.9. The minimum Gasteiger partial charge on any atom is -0.456 e. The van der Waals surface area contributed by atoms with E-state index in [0.717, 1.165) is 21.9 Å². The summed E-state index contributed by atoms with van der Waals surface area (Å²) in [6, 6.07) is 72.0. The van der Waals surface area contributed by atoms with E-state index in [-0.39, 0.29) is 5.41 Å². The predicted octanol–water partition coefficient (Wildman–Crippen LogP) is 16.7. The fraction of sp³-hybridized carbons (Fsp3) is 0.0508. The second kappa shape index (κ2) is 12.3. The summed E-state index contributed by atoms with van der Waals surface area (Å²) in [6.07, 6.45) is 0. The summed E-state index contributed by atoms with van der Waals surface area (Å²) in [5.74, 6) is 0. The molecule has 1 heterocycles. The maximum atomic E-state index is 6.56. The van der Waals surface area contributed by atoms with E-state index in [1.54, 1.807) is 0 Å². The van der Waals surface area contributed by atoms with Gasteiger partial charge in [-0.25, -0.2) is 0 Å². The zero-order chi connectivity index (χ0) is 39.7. The van der Waals surface area contributed by atoms with Crippen LogP contribution in [0.2, 0.25) is 0 Å². The smallest absolute Gasteiger partial charge is 0.135 e. The molecule has 0 bridgehead atoms. The first-order chi connectivity index (χ1) is 29.5. The van der Waals surface area contributed by atoms with Crippen LogP contribution in [0.15, 0.2) is 199 Å². The summed E-state index contributed by atoms with van der Waals surface area (Å²) in [5.41, 5.74) is 14.6. The highest BCUT2D eigenvalue weighted by molar-refractivity contribution is 6.26. The van der Waals surface area contributed by atoms with Crippen LogP contribution >= 0.6 is 0 Å². The Bertz CT molecular complexity index is 3750. The van der Waals surface area contributed by atoms with Gasteiger partial charge in [-0.3, -0.25) is 0 Å². The molecule has 12 aromatic rings. The molecule has 1 aliphatic rings. The molecule has 0 aliphatic heterocycles. The van der Waals surface area contributed by atoms with Gasteiger partial charge in [0.05, 0.1) is 0 Å². The van der Waals surface area contributed by atoms with E-state index in [9.17, 15) is 0 Å². The quantitative estimate of drug-likeness (QED) is 0.129. The van der Waals surface area contributed by atoms with Crippen molar-refractivity contribution in [3.63, 3.8) is 0 Å².